The van der Waals surface area contributed by atoms with Crippen LogP contribution in [0.3, 0.4) is 0 Å². The Balaban J connectivity index is 0.000000182. The highest BCUT2D eigenvalue weighted by Crippen LogP contribution is 2.32. The minimum atomic E-state index is -1.32. The first-order valence-corrected chi connectivity index (χ1v) is 18.4. The average molecular weight is 639 g/mol. The van der Waals surface area contributed by atoms with Crippen molar-refractivity contribution < 1.29 is 0 Å². The van der Waals surface area contributed by atoms with E-state index in [1.54, 1.807) is 0 Å². The normalized spacial score (nSPS) is 11.1. The largest absolute Gasteiger partial charge is 0.192 e. The Morgan fingerprint density at radius 2 is 0.479 bits per heavy atom. The van der Waals surface area contributed by atoms with E-state index >= 15 is 0 Å². The maximum absolute atomic E-state index is 2.33. The van der Waals surface area contributed by atoms with Crippen molar-refractivity contribution >= 4 is 51.8 Å². The molecule has 0 aliphatic carbocycles. The molecule has 0 saturated carbocycles. The van der Waals surface area contributed by atoms with Gasteiger partial charge in [-0.15, -0.1) is 0 Å². The van der Waals surface area contributed by atoms with Gasteiger partial charge >= 0.3 is 0 Å². The number of rotatable bonds is 7. The van der Waals surface area contributed by atoms with Crippen molar-refractivity contribution in [3.63, 3.8) is 0 Å². The highest BCUT2D eigenvalue weighted by atomic mass is 31.1. The van der Waals surface area contributed by atoms with E-state index in [0.29, 0.717) is 0 Å². The highest BCUT2D eigenvalue weighted by molar-refractivity contribution is 7.79. The average Bonchev–Trinajstić information content (AvgIpc) is 3.13. The minimum Gasteiger partial charge on any atom is -0.192 e. The molecule has 7 aromatic rings. The second-order valence-corrected chi connectivity index (χ2v) is 15.2. The lowest BCUT2D eigenvalue weighted by molar-refractivity contribution is 1.44. The van der Waals surface area contributed by atoms with Crippen molar-refractivity contribution in [3.8, 4) is 0 Å². The molecule has 0 amide bonds. The van der Waals surface area contributed by atoms with Crippen molar-refractivity contribution in [2.24, 2.45) is 0 Å². The van der Waals surface area contributed by atoms with E-state index in [1.165, 1.54) is 60.0 Å². The molecule has 0 unspecified atom stereocenters. The summed E-state index contributed by atoms with van der Waals surface area (Å²) in [5.41, 5.74) is 11.0. The van der Waals surface area contributed by atoms with Gasteiger partial charge < -0.3 is 0 Å². The molecule has 0 aliphatic rings. The quantitative estimate of drug-likeness (QED) is 0.126. The third-order valence-corrected chi connectivity index (χ3v) is 12.5. The molecule has 0 aromatic heterocycles. The van der Waals surface area contributed by atoms with Gasteiger partial charge in [-0.2, -0.15) is 21.9 Å². The molecule has 0 spiro atoms. The molecule has 0 saturated heterocycles. The molecule has 0 bridgehead atoms. The van der Waals surface area contributed by atoms with Crippen molar-refractivity contribution in [1.82, 2.24) is 0 Å². The zero-order valence-corrected chi connectivity index (χ0v) is 29.5. The molecule has 0 atom stereocenters. The summed E-state index contributed by atoms with van der Waals surface area (Å²) in [6, 6.07) is 68.2. The lowest BCUT2D eigenvalue weighted by Gasteiger charge is -2.48. The molecule has 0 radical (unpaired) electrons. The van der Waals surface area contributed by atoms with Gasteiger partial charge in [-0.3, -0.25) is 0 Å². The second kappa shape index (κ2) is 15.3. The van der Waals surface area contributed by atoms with Crippen LogP contribution in [-0.2, 0) is 0 Å². The molecule has 0 nitrogen and oxygen atoms in total. The molecule has 0 heterocycles. The Morgan fingerprint density at radius 1 is 0.271 bits per heavy atom. The fourth-order valence-electron chi connectivity index (χ4n) is 7.61. The summed E-state index contributed by atoms with van der Waals surface area (Å²) in [7, 11) is -0.877. The predicted molar refractivity (Wildman–Crippen MR) is 216 cm³/mol. The standard InChI is InChI=1S/C28H28B.C18H15P/c1-21-13-5-9-17-25(21)29(26-18-10-6-14-22(26)2,27-19-11-7-15-23(27)3)28-20-12-8-16-24(28)4;1-4-10-16(11-5-1)19(17-12-6-2-7-13-17)18-14-8-3-9-15-18/h5-20H,1-4H3;1-15H/q-1;/p+1. The Labute approximate surface area is 288 Å². The molecule has 48 heavy (non-hydrogen) atoms. The maximum atomic E-state index is 2.33. The van der Waals surface area contributed by atoms with Crippen LogP contribution in [0.1, 0.15) is 22.3 Å². The van der Waals surface area contributed by atoms with Gasteiger partial charge in [0.05, 0.1) is 7.92 Å². The molecule has 7 rings (SSSR count). The number of aryl methyl sites for hydroxylation is 4. The van der Waals surface area contributed by atoms with Gasteiger partial charge in [-0.05, 0) is 64.1 Å². The lowest BCUT2D eigenvalue weighted by atomic mass is 9.11. The Kier molecular flexibility index (Phi) is 10.5. The van der Waals surface area contributed by atoms with Crippen LogP contribution in [0.2, 0.25) is 0 Å². The zero-order valence-electron chi connectivity index (χ0n) is 28.5. The van der Waals surface area contributed by atoms with Crippen LogP contribution in [0.5, 0.6) is 0 Å². The molecule has 2 heteroatoms. The van der Waals surface area contributed by atoms with Crippen LogP contribution in [0, 0.1) is 27.7 Å². The van der Waals surface area contributed by atoms with Crippen LogP contribution in [0.25, 0.3) is 0 Å². The van der Waals surface area contributed by atoms with Gasteiger partial charge in [0.2, 0.25) is 0 Å². The van der Waals surface area contributed by atoms with Crippen LogP contribution in [-0.4, -0.2) is 6.15 Å². The number of benzene rings is 7. The predicted octanol–water partition coefficient (Wildman–Crippen LogP) is 7.47. The molecule has 236 valence electrons. The first-order valence-electron chi connectivity index (χ1n) is 16.9. The molecule has 0 fully saturated rings. The Morgan fingerprint density at radius 3 is 0.708 bits per heavy atom. The highest BCUT2D eigenvalue weighted by Gasteiger charge is 2.35. The molecule has 7 aromatic carbocycles. The summed E-state index contributed by atoms with van der Waals surface area (Å²) < 4.78 is 0. The zero-order chi connectivity index (χ0) is 33.3. The third kappa shape index (κ3) is 6.71. The van der Waals surface area contributed by atoms with E-state index in [9.17, 15) is 0 Å². The van der Waals surface area contributed by atoms with Gasteiger partial charge in [0, 0.05) is 0 Å². The Hall–Kier alpha value is -4.97. The first-order chi connectivity index (χ1) is 23.5. The maximum Gasteiger partial charge on any atom is 0.109 e. The summed E-state index contributed by atoms with van der Waals surface area (Å²) >= 11 is 0. The fraction of sp³-hybridized carbons (Fsp3) is 0.0870. The SMILES string of the molecule is Cc1ccccc1[B-](c1ccccc1C)(c1ccccc1C)c1ccccc1C.c1ccc([PH+](c2ccccc2)c2ccccc2)cc1. The smallest absolute Gasteiger partial charge is 0.109 e. The van der Waals surface area contributed by atoms with E-state index in [0.717, 1.165) is 0 Å². The van der Waals surface area contributed by atoms with Crippen LogP contribution < -0.4 is 37.8 Å². The van der Waals surface area contributed by atoms with Crippen molar-refractivity contribution in [1.29, 1.82) is 0 Å². The van der Waals surface area contributed by atoms with E-state index in [1.807, 2.05) is 0 Å². The topological polar surface area (TPSA) is 0 Å². The number of hydrogen-bond acceptors (Lipinski definition) is 0. The van der Waals surface area contributed by atoms with E-state index < -0.39 is 14.1 Å². The van der Waals surface area contributed by atoms with Gasteiger partial charge in [-0.25, -0.2) is 0 Å². The number of hydrogen-bond donors (Lipinski definition) is 0. The van der Waals surface area contributed by atoms with Crippen molar-refractivity contribution in [2.75, 3.05) is 0 Å². The van der Waals surface area contributed by atoms with Gasteiger partial charge in [0.1, 0.15) is 22.1 Å². The molecule has 0 N–H and O–H groups in total. The Bertz CT molecular complexity index is 1790. The monoisotopic (exact) mass is 638 g/mol. The molecular weight excluding hydrogens is 594 g/mol. The van der Waals surface area contributed by atoms with E-state index in [-0.39, 0.29) is 0 Å². The van der Waals surface area contributed by atoms with Crippen LogP contribution in [0.15, 0.2) is 188 Å². The summed E-state index contributed by atoms with van der Waals surface area (Å²) in [6.07, 6.45) is -1.32. The minimum absolute atomic E-state index is 0.877. The van der Waals surface area contributed by atoms with Crippen LogP contribution in [0.4, 0.5) is 0 Å². The molecule has 0 aliphatic heterocycles. The van der Waals surface area contributed by atoms with Crippen molar-refractivity contribution in [2.45, 2.75) is 27.7 Å². The van der Waals surface area contributed by atoms with Gasteiger partial charge in [0.15, 0.2) is 0 Å². The van der Waals surface area contributed by atoms with Gasteiger partial charge in [0.25, 0.3) is 0 Å². The molecular formula is C46H44BP. The summed E-state index contributed by atoms with van der Waals surface area (Å²) in [6.45, 7) is 9.00. The summed E-state index contributed by atoms with van der Waals surface area (Å²) in [4.78, 5) is 0. The van der Waals surface area contributed by atoms with Crippen molar-refractivity contribution in [3.05, 3.63) is 210 Å². The van der Waals surface area contributed by atoms with Crippen LogP contribution >= 0.6 is 7.92 Å². The van der Waals surface area contributed by atoms with E-state index in [4.69, 9.17) is 0 Å². The fourth-order valence-corrected chi connectivity index (χ4v) is 10.2. The first kappa shape index (κ1) is 33.0. The summed E-state index contributed by atoms with van der Waals surface area (Å²) in [5, 5.41) is 4.31. The lowest BCUT2D eigenvalue weighted by Crippen LogP contribution is -2.76. The van der Waals surface area contributed by atoms with Gasteiger partial charge in [-0.1, -0.05) is 174 Å². The second-order valence-electron chi connectivity index (χ2n) is 12.8. The van der Waals surface area contributed by atoms with E-state index in [2.05, 4.69) is 216 Å². The summed E-state index contributed by atoms with van der Waals surface area (Å²) in [5.74, 6) is 0. The third-order valence-electron chi connectivity index (χ3n) is 9.81.